The maximum Gasteiger partial charge on any atom is 0.197 e. The van der Waals surface area contributed by atoms with Gasteiger partial charge < -0.3 is 4.74 Å². The molecular weight excluding hydrogens is 226 g/mol. The minimum Gasteiger partial charge on any atom is -0.488 e. The number of ether oxygens (including phenoxy) is 1. The second-order valence-electron chi connectivity index (χ2n) is 4.10. The van der Waals surface area contributed by atoms with Gasteiger partial charge in [0.25, 0.3) is 0 Å². The van der Waals surface area contributed by atoms with E-state index in [9.17, 15) is 4.79 Å². The van der Waals surface area contributed by atoms with Crippen LogP contribution in [0.1, 0.15) is 27.0 Å². The summed E-state index contributed by atoms with van der Waals surface area (Å²) in [4.78, 5) is 12.4. The lowest BCUT2D eigenvalue weighted by atomic mass is 9.98. The Bertz CT molecular complexity index is 683. The molecule has 0 fully saturated rings. The molecule has 0 N–H and O–H groups in total. The van der Waals surface area contributed by atoms with Crippen molar-refractivity contribution in [2.45, 2.75) is 6.61 Å². The molecule has 0 aliphatic carbocycles. The molecular formula is C15H9NO2. The highest BCUT2D eigenvalue weighted by Crippen LogP contribution is 2.28. The average molecular weight is 235 g/mol. The number of fused-ring (bicyclic) bond motifs is 2. The van der Waals surface area contributed by atoms with Crippen molar-refractivity contribution < 1.29 is 9.53 Å². The van der Waals surface area contributed by atoms with E-state index in [0.29, 0.717) is 29.0 Å². The number of benzene rings is 2. The van der Waals surface area contributed by atoms with Gasteiger partial charge >= 0.3 is 0 Å². The number of nitrogens with zero attached hydrogens (tertiary/aromatic N) is 1. The summed E-state index contributed by atoms with van der Waals surface area (Å²) < 4.78 is 5.61. The van der Waals surface area contributed by atoms with Crippen LogP contribution in [-0.2, 0) is 6.61 Å². The molecule has 3 heteroatoms. The number of rotatable bonds is 0. The molecule has 0 saturated heterocycles. The number of hydrogen-bond donors (Lipinski definition) is 0. The summed E-state index contributed by atoms with van der Waals surface area (Å²) in [5.41, 5.74) is 2.44. The molecule has 1 heterocycles. The largest absolute Gasteiger partial charge is 0.488 e. The predicted octanol–water partition coefficient (Wildman–Crippen LogP) is 2.68. The molecule has 0 amide bonds. The van der Waals surface area contributed by atoms with E-state index in [1.165, 1.54) is 0 Å². The second-order valence-corrected chi connectivity index (χ2v) is 4.10. The van der Waals surface area contributed by atoms with Gasteiger partial charge in [0.1, 0.15) is 12.4 Å². The van der Waals surface area contributed by atoms with Crippen LogP contribution in [0.15, 0.2) is 42.5 Å². The first kappa shape index (κ1) is 10.5. The zero-order valence-electron chi connectivity index (χ0n) is 9.51. The minimum absolute atomic E-state index is 0.0878. The molecule has 0 radical (unpaired) electrons. The monoisotopic (exact) mass is 235 g/mol. The highest BCUT2D eigenvalue weighted by molar-refractivity contribution is 6.12. The number of ketones is 1. The van der Waals surface area contributed by atoms with Crippen molar-refractivity contribution in [3.63, 3.8) is 0 Å². The van der Waals surface area contributed by atoms with Crippen LogP contribution >= 0.6 is 0 Å². The van der Waals surface area contributed by atoms with Crippen LogP contribution in [0.25, 0.3) is 0 Å². The Kier molecular flexibility index (Phi) is 2.35. The van der Waals surface area contributed by atoms with Crippen LogP contribution in [0, 0.1) is 11.3 Å². The van der Waals surface area contributed by atoms with Crippen molar-refractivity contribution >= 4 is 5.78 Å². The molecule has 0 spiro atoms. The van der Waals surface area contributed by atoms with Gasteiger partial charge in [0.2, 0.25) is 0 Å². The fraction of sp³-hybridized carbons (Fsp3) is 0.0667. The van der Waals surface area contributed by atoms with E-state index in [2.05, 4.69) is 0 Å². The molecule has 0 atom stereocenters. The zero-order chi connectivity index (χ0) is 12.5. The van der Waals surface area contributed by atoms with E-state index >= 15 is 0 Å². The van der Waals surface area contributed by atoms with Gasteiger partial charge in [-0.3, -0.25) is 4.79 Å². The van der Waals surface area contributed by atoms with Gasteiger partial charge in [0.15, 0.2) is 5.78 Å². The molecule has 3 nitrogen and oxygen atoms in total. The summed E-state index contributed by atoms with van der Waals surface area (Å²) in [6.45, 7) is 0.376. The Morgan fingerprint density at radius 1 is 1.11 bits per heavy atom. The van der Waals surface area contributed by atoms with Gasteiger partial charge in [-0.05, 0) is 18.2 Å². The molecule has 0 saturated carbocycles. The molecule has 0 bridgehead atoms. The van der Waals surface area contributed by atoms with Crippen molar-refractivity contribution in [1.29, 1.82) is 5.26 Å². The van der Waals surface area contributed by atoms with Crippen molar-refractivity contribution in [2.24, 2.45) is 0 Å². The first-order valence-electron chi connectivity index (χ1n) is 5.59. The summed E-state index contributed by atoms with van der Waals surface area (Å²) in [7, 11) is 0. The van der Waals surface area contributed by atoms with Crippen LogP contribution in [0.4, 0.5) is 0 Å². The van der Waals surface area contributed by atoms with Crippen LogP contribution in [0.5, 0.6) is 5.75 Å². The standard InChI is InChI=1S/C15H9NO2/c16-8-10-5-6-14-13(7-10)15(17)12-4-2-1-3-11(12)9-18-14/h1-7H,9H2. The molecule has 1 aliphatic rings. The number of carbonyl (C=O) groups is 1. The SMILES string of the molecule is N#Cc1ccc2c(c1)C(=O)c1ccccc1CO2. The van der Waals surface area contributed by atoms with E-state index in [0.717, 1.165) is 5.56 Å². The third-order valence-electron chi connectivity index (χ3n) is 3.00. The van der Waals surface area contributed by atoms with Gasteiger partial charge in [0, 0.05) is 11.1 Å². The van der Waals surface area contributed by atoms with E-state index in [1.807, 2.05) is 24.3 Å². The van der Waals surface area contributed by atoms with Gasteiger partial charge in [-0.15, -0.1) is 0 Å². The van der Waals surface area contributed by atoms with Crippen molar-refractivity contribution in [1.82, 2.24) is 0 Å². The summed E-state index contributed by atoms with van der Waals surface area (Å²) in [6.07, 6.45) is 0. The smallest absolute Gasteiger partial charge is 0.197 e. The molecule has 0 aromatic heterocycles. The van der Waals surface area contributed by atoms with Crippen molar-refractivity contribution in [2.75, 3.05) is 0 Å². The number of carbonyl (C=O) groups excluding carboxylic acids is 1. The molecule has 2 aromatic carbocycles. The lowest BCUT2D eigenvalue weighted by Crippen LogP contribution is -2.02. The summed E-state index contributed by atoms with van der Waals surface area (Å²) in [5, 5.41) is 8.89. The molecule has 86 valence electrons. The lowest BCUT2D eigenvalue weighted by Gasteiger charge is -2.05. The Hall–Kier alpha value is -2.60. The Labute approximate surface area is 104 Å². The number of nitriles is 1. The maximum absolute atomic E-state index is 12.4. The Balaban J connectivity index is 2.21. The Morgan fingerprint density at radius 3 is 2.78 bits per heavy atom. The quantitative estimate of drug-likeness (QED) is 0.705. The summed E-state index contributed by atoms with van der Waals surface area (Å²) in [6, 6.07) is 14.3. The normalized spacial score (nSPS) is 12.7. The minimum atomic E-state index is -0.0878. The first-order chi connectivity index (χ1) is 8.79. The second kappa shape index (κ2) is 4.01. The van der Waals surface area contributed by atoms with Gasteiger partial charge in [-0.1, -0.05) is 24.3 Å². The van der Waals surface area contributed by atoms with E-state index < -0.39 is 0 Å². The van der Waals surface area contributed by atoms with Crippen LogP contribution in [0.2, 0.25) is 0 Å². The van der Waals surface area contributed by atoms with Gasteiger partial charge in [-0.25, -0.2) is 0 Å². The van der Waals surface area contributed by atoms with Gasteiger partial charge in [0.05, 0.1) is 17.2 Å². The van der Waals surface area contributed by atoms with Crippen LogP contribution in [-0.4, -0.2) is 5.78 Å². The first-order valence-corrected chi connectivity index (χ1v) is 5.59. The Morgan fingerprint density at radius 2 is 1.94 bits per heavy atom. The van der Waals surface area contributed by atoms with E-state index in [1.54, 1.807) is 24.3 Å². The average Bonchev–Trinajstić information content (AvgIpc) is 2.57. The topological polar surface area (TPSA) is 50.1 Å². The molecule has 1 aliphatic heterocycles. The summed E-state index contributed by atoms with van der Waals surface area (Å²) in [5.74, 6) is 0.449. The highest BCUT2D eigenvalue weighted by Gasteiger charge is 2.22. The van der Waals surface area contributed by atoms with Crippen LogP contribution < -0.4 is 4.74 Å². The van der Waals surface area contributed by atoms with Crippen LogP contribution in [0.3, 0.4) is 0 Å². The number of hydrogen-bond acceptors (Lipinski definition) is 3. The fourth-order valence-corrected chi connectivity index (χ4v) is 2.07. The van der Waals surface area contributed by atoms with E-state index in [-0.39, 0.29) is 5.78 Å². The van der Waals surface area contributed by atoms with Crippen molar-refractivity contribution in [3.05, 3.63) is 64.7 Å². The molecule has 2 aromatic rings. The van der Waals surface area contributed by atoms with E-state index in [4.69, 9.17) is 10.00 Å². The zero-order valence-corrected chi connectivity index (χ0v) is 9.51. The third-order valence-corrected chi connectivity index (χ3v) is 3.00. The maximum atomic E-state index is 12.4. The van der Waals surface area contributed by atoms with Crippen molar-refractivity contribution in [3.8, 4) is 11.8 Å². The predicted molar refractivity (Wildman–Crippen MR) is 65.4 cm³/mol. The molecule has 0 unspecified atom stereocenters. The summed E-state index contributed by atoms with van der Waals surface area (Å²) >= 11 is 0. The van der Waals surface area contributed by atoms with Gasteiger partial charge in [-0.2, -0.15) is 5.26 Å². The fourth-order valence-electron chi connectivity index (χ4n) is 2.07. The molecule has 18 heavy (non-hydrogen) atoms. The highest BCUT2D eigenvalue weighted by atomic mass is 16.5. The third kappa shape index (κ3) is 1.56. The lowest BCUT2D eigenvalue weighted by molar-refractivity contribution is 0.103. The molecule has 3 rings (SSSR count).